The maximum absolute atomic E-state index is 12.8. The Labute approximate surface area is 326 Å². The number of nitrogens with zero attached hydrogens (tertiary/aromatic N) is 4. The predicted molar refractivity (Wildman–Crippen MR) is 218 cm³/mol. The van der Waals surface area contributed by atoms with Crippen LogP contribution in [0.1, 0.15) is 117 Å². The van der Waals surface area contributed by atoms with Crippen LogP contribution < -0.4 is 10.6 Å². The maximum atomic E-state index is 12.8. The molecule has 2 heterocycles. The fraction of sp³-hybridized carbons (Fsp3) is 0.786. The number of hydrogen-bond acceptors (Lipinski definition) is 12. The molecule has 2 aliphatic rings. The number of unbranched alkanes of at least 4 members (excludes halogenated alkanes) is 2. The molecule has 54 heavy (non-hydrogen) atoms. The standard InChI is InChI=1S/C42H74N6O6/c1-7-11-19-41(5,17-9-3)39(51)53-31-35(49)29-43-21-25-47-27-23-45-37(47)33-13-15-34(16-14-33)38-46-24-28-48(38)26-22-44-30-36(50)32-54-40(52)42(6,18-10-4)20-12-8-2/h13-16,35-36,39,43-44,49-51H,7-12,17-32H2,1-6H3. The van der Waals surface area contributed by atoms with Gasteiger partial charge in [0.05, 0.1) is 31.2 Å². The van der Waals surface area contributed by atoms with Crippen LogP contribution in [0.5, 0.6) is 0 Å². The molecular weight excluding hydrogens is 684 g/mol. The molecule has 12 nitrogen and oxygen atoms in total. The van der Waals surface area contributed by atoms with Gasteiger partial charge in [0.1, 0.15) is 24.4 Å². The molecule has 3 rings (SSSR count). The Kier molecular flexibility index (Phi) is 20.4. The van der Waals surface area contributed by atoms with E-state index in [0.717, 1.165) is 126 Å². The minimum atomic E-state index is -0.882. The highest BCUT2D eigenvalue weighted by atomic mass is 16.6. The lowest BCUT2D eigenvalue weighted by atomic mass is 9.80. The van der Waals surface area contributed by atoms with Crippen LogP contribution in [0, 0.1) is 10.8 Å². The molecule has 5 atom stereocenters. The minimum absolute atomic E-state index is 0.00174. The Bertz CT molecular complexity index is 1280. The molecule has 1 aromatic carbocycles. The van der Waals surface area contributed by atoms with Crippen molar-refractivity contribution < 1.29 is 29.6 Å². The summed E-state index contributed by atoms with van der Waals surface area (Å²) >= 11 is 0. The smallest absolute Gasteiger partial charge is 0.311 e. The summed E-state index contributed by atoms with van der Waals surface area (Å²) in [6, 6.07) is 8.45. The van der Waals surface area contributed by atoms with E-state index in [1.54, 1.807) is 0 Å². The van der Waals surface area contributed by atoms with E-state index in [1.165, 1.54) is 0 Å². The molecule has 0 radical (unpaired) electrons. The Morgan fingerprint density at radius 1 is 0.741 bits per heavy atom. The molecule has 0 saturated heterocycles. The molecule has 5 N–H and O–H groups in total. The van der Waals surface area contributed by atoms with Crippen molar-refractivity contribution >= 4 is 17.6 Å². The van der Waals surface area contributed by atoms with Gasteiger partial charge in [0.2, 0.25) is 0 Å². The predicted octanol–water partition coefficient (Wildman–Crippen LogP) is 4.58. The SMILES string of the molecule is CCCCC(C)(CCC)C(=O)OCC(O)CNCCN1CCN=C1c1ccc(C2=NCCN2CCNCC(O)COC(O)C(C)(CCC)CCCC)cc1. The van der Waals surface area contributed by atoms with Crippen LogP contribution >= 0.6 is 0 Å². The molecule has 0 aromatic heterocycles. The highest BCUT2D eigenvalue weighted by Crippen LogP contribution is 2.34. The average molecular weight is 759 g/mol. The first kappa shape index (κ1) is 45.8. The second kappa shape index (κ2) is 24.1. The Hall–Kier alpha value is -2.61. The van der Waals surface area contributed by atoms with E-state index >= 15 is 0 Å². The summed E-state index contributed by atoms with van der Waals surface area (Å²) in [5, 5.41) is 38.4. The van der Waals surface area contributed by atoms with E-state index in [9.17, 15) is 20.1 Å². The number of carbonyl (C=O) groups is 1. The van der Waals surface area contributed by atoms with E-state index in [-0.39, 0.29) is 24.6 Å². The van der Waals surface area contributed by atoms with Crippen molar-refractivity contribution in [3.8, 4) is 0 Å². The van der Waals surface area contributed by atoms with Crippen LogP contribution in [-0.4, -0.2) is 140 Å². The topological polar surface area (TPSA) is 151 Å². The summed E-state index contributed by atoms with van der Waals surface area (Å²) in [5.41, 5.74) is 1.36. The number of ether oxygens (including phenoxy) is 2. The number of aliphatic imine (C=N–C) groups is 2. The zero-order valence-corrected chi connectivity index (χ0v) is 34.5. The number of esters is 1. The van der Waals surface area contributed by atoms with Crippen molar-refractivity contribution in [2.45, 2.75) is 124 Å². The fourth-order valence-electron chi connectivity index (χ4n) is 7.52. The van der Waals surface area contributed by atoms with Gasteiger partial charge in [-0.1, -0.05) is 97.4 Å². The second-order valence-corrected chi connectivity index (χ2v) is 15.9. The van der Waals surface area contributed by atoms with Gasteiger partial charge in [-0.05, 0) is 32.6 Å². The monoisotopic (exact) mass is 759 g/mol. The number of rotatable bonds is 29. The molecule has 0 bridgehead atoms. The van der Waals surface area contributed by atoms with Gasteiger partial charge in [-0.3, -0.25) is 14.8 Å². The summed E-state index contributed by atoms with van der Waals surface area (Å²) < 4.78 is 11.3. The van der Waals surface area contributed by atoms with Crippen LogP contribution in [-0.2, 0) is 14.3 Å². The molecule has 0 spiro atoms. The summed E-state index contributed by atoms with van der Waals surface area (Å²) in [5.74, 6) is 1.75. The van der Waals surface area contributed by atoms with Crippen molar-refractivity contribution in [2.75, 3.05) is 78.7 Å². The number of hydrogen-bond donors (Lipinski definition) is 5. The summed E-state index contributed by atoms with van der Waals surface area (Å²) in [7, 11) is 0. The summed E-state index contributed by atoms with van der Waals surface area (Å²) in [4.78, 5) is 26.9. The lowest BCUT2D eigenvalue weighted by Gasteiger charge is -2.34. The molecule has 1 aromatic rings. The molecular formula is C42H74N6O6. The second-order valence-electron chi connectivity index (χ2n) is 15.9. The van der Waals surface area contributed by atoms with Crippen molar-refractivity contribution in [2.24, 2.45) is 20.8 Å². The lowest BCUT2D eigenvalue weighted by molar-refractivity contribution is -0.187. The van der Waals surface area contributed by atoms with Crippen molar-refractivity contribution in [1.29, 1.82) is 0 Å². The Morgan fingerprint density at radius 2 is 1.24 bits per heavy atom. The molecule has 0 saturated carbocycles. The van der Waals surface area contributed by atoms with Gasteiger partial charge in [0, 0.05) is 68.9 Å². The quantitative estimate of drug-likeness (QED) is 0.0446. The first-order chi connectivity index (χ1) is 26.0. The molecule has 2 aliphatic heterocycles. The van der Waals surface area contributed by atoms with E-state index in [0.29, 0.717) is 26.2 Å². The van der Waals surface area contributed by atoms with Crippen LogP contribution in [0.3, 0.4) is 0 Å². The largest absolute Gasteiger partial charge is 0.462 e. The van der Waals surface area contributed by atoms with Crippen molar-refractivity contribution in [3.05, 3.63) is 35.4 Å². The maximum Gasteiger partial charge on any atom is 0.311 e. The van der Waals surface area contributed by atoms with Gasteiger partial charge in [-0.25, -0.2) is 0 Å². The van der Waals surface area contributed by atoms with Crippen molar-refractivity contribution in [1.82, 2.24) is 20.4 Å². The molecule has 0 fully saturated rings. The number of amidine groups is 2. The van der Waals surface area contributed by atoms with Gasteiger partial charge in [-0.15, -0.1) is 0 Å². The van der Waals surface area contributed by atoms with Crippen LogP contribution in [0.25, 0.3) is 0 Å². The number of nitrogens with one attached hydrogen (secondary N) is 2. The number of aliphatic hydroxyl groups excluding tert-OH is 3. The third-order valence-corrected chi connectivity index (χ3v) is 10.9. The van der Waals surface area contributed by atoms with E-state index in [1.807, 2.05) is 6.92 Å². The van der Waals surface area contributed by atoms with E-state index in [2.05, 4.69) is 79.3 Å². The normalized spacial score (nSPS) is 18.5. The van der Waals surface area contributed by atoms with E-state index < -0.39 is 23.9 Å². The van der Waals surface area contributed by atoms with Gasteiger partial charge in [0.25, 0.3) is 0 Å². The molecule has 308 valence electrons. The summed E-state index contributed by atoms with van der Waals surface area (Å²) in [6.45, 7) is 19.5. The highest BCUT2D eigenvalue weighted by Gasteiger charge is 2.34. The zero-order valence-electron chi connectivity index (χ0n) is 34.5. The third kappa shape index (κ3) is 14.5. The number of carbonyl (C=O) groups excluding carboxylic acids is 1. The average Bonchev–Trinajstić information content (AvgIpc) is 3.85. The minimum Gasteiger partial charge on any atom is -0.462 e. The first-order valence-electron chi connectivity index (χ1n) is 20.9. The fourth-order valence-corrected chi connectivity index (χ4v) is 7.52. The number of aliphatic hydroxyl groups is 3. The molecule has 0 amide bonds. The van der Waals surface area contributed by atoms with Crippen LogP contribution in [0.15, 0.2) is 34.3 Å². The van der Waals surface area contributed by atoms with Crippen LogP contribution in [0.2, 0.25) is 0 Å². The highest BCUT2D eigenvalue weighted by molar-refractivity contribution is 6.03. The molecule has 12 heteroatoms. The van der Waals surface area contributed by atoms with Gasteiger partial charge in [-0.2, -0.15) is 0 Å². The van der Waals surface area contributed by atoms with Gasteiger partial charge < -0.3 is 45.2 Å². The first-order valence-corrected chi connectivity index (χ1v) is 20.9. The molecule has 0 aliphatic carbocycles. The van der Waals surface area contributed by atoms with Crippen molar-refractivity contribution in [3.63, 3.8) is 0 Å². The van der Waals surface area contributed by atoms with Crippen LogP contribution in [0.4, 0.5) is 0 Å². The Balaban J connectivity index is 1.37. The van der Waals surface area contributed by atoms with Gasteiger partial charge >= 0.3 is 5.97 Å². The zero-order chi connectivity index (χ0) is 39.4. The van der Waals surface area contributed by atoms with Gasteiger partial charge in [0.15, 0.2) is 6.29 Å². The molecule has 5 unspecified atom stereocenters. The number of benzene rings is 1. The third-order valence-electron chi connectivity index (χ3n) is 10.9. The summed E-state index contributed by atoms with van der Waals surface area (Å²) in [6.07, 6.45) is 7.14. The Morgan fingerprint density at radius 3 is 1.74 bits per heavy atom. The lowest BCUT2D eigenvalue weighted by Crippen LogP contribution is -2.40. The van der Waals surface area contributed by atoms with E-state index in [4.69, 9.17) is 19.5 Å².